The summed E-state index contributed by atoms with van der Waals surface area (Å²) in [6.45, 7) is 11.3. The maximum absolute atomic E-state index is 10.2. The van der Waals surface area contributed by atoms with E-state index in [4.69, 9.17) is 0 Å². The van der Waals surface area contributed by atoms with E-state index in [1.807, 2.05) is 13.8 Å². The lowest BCUT2D eigenvalue weighted by molar-refractivity contribution is -0.0540. The Morgan fingerprint density at radius 3 is 2.62 bits per heavy atom. The Bertz CT molecular complexity index is 671. The number of rotatable bonds is 4. The summed E-state index contributed by atoms with van der Waals surface area (Å²) >= 11 is 0. The Morgan fingerprint density at radius 2 is 1.90 bits per heavy atom. The van der Waals surface area contributed by atoms with Gasteiger partial charge in [0.25, 0.3) is 0 Å². The van der Waals surface area contributed by atoms with Gasteiger partial charge in [-0.15, -0.1) is 0 Å². The second-order valence-corrected chi connectivity index (χ2v) is 12.2. The smallest absolute Gasteiger partial charge is 0.0626 e. The standard InChI is InChI=1S/C27H44O2/c1-18(7-6-14-25(2,3)29)22-10-11-23-21-9-8-19-17-20(28)12-15-26(19,4)24(21)13-16-27(22,23)5/h6-8,18,20-24,28-29H,9-17H2,1-5H3/b7-6+/t18-,20?,21+,22-,23+,24+,26+,27-/m1/s1. The molecule has 3 saturated carbocycles. The summed E-state index contributed by atoms with van der Waals surface area (Å²) in [5.41, 5.74) is 1.79. The first kappa shape index (κ1) is 21.6. The van der Waals surface area contributed by atoms with Crippen LogP contribution in [0.25, 0.3) is 0 Å². The summed E-state index contributed by atoms with van der Waals surface area (Å²) < 4.78 is 0. The highest BCUT2D eigenvalue weighted by Gasteiger charge is 2.58. The molecule has 2 nitrogen and oxygen atoms in total. The molecule has 8 atom stereocenters. The largest absolute Gasteiger partial charge is 0.393 e. The summed E-state index contributed by atoms with van der Waals surface area (Å²) in [6, 6.07) is 0. The highest BCUT2D eigenvalue weighted by Crippen LogP contribution is 2.67. The Labute approximate surface area is 178 Å². The van der Waals surface area contributed by atoms with E-state index in [9.17, 15) is 10.2 Å². The molecular formula is C27H44O2. The number of aliphatic hydroxyl groups excluding tert-OH is 1. The van der Waals surface area contributed by atoms with Crippen LogP contribution in [0.5, 0.6) is 0 Å². The lowest BCUT2D eigenvalue weighted by Gasteiger charge is -2.58. The fourth-order valence-electron chi connectivity index (χ4n) is 8.25. The topological polar surface area (TPSA) is 40.5 Å². The maximum Gasteiger partial charge on any atom is 0.0626 e. The molecule has 2 N–H and O–H groups in total. The molecule has 4 aliphatic carbocycles. The van der Waals surface area contributed by atoms with Crippen molar-refractivity contribution in [1.82, 2.24) is 0 Å². The van der Waals surface area contributed by atoms with Crippen LogP contribution in [0.2, 0.25) is 0 Å². The van der Waals surface area contributed by atoms with Crippen LogP contribution in [0.1, 0.15) is 92.4 Å². The minimum absolute atomic E-state index is 0.105. The van der Waals surface area contributed by atoms with Gasteiger partial charge >= 0.3 is 0 Å². The van der Waals surface area contributed by atoms with E-state index in [1.54, 1.807) is 5.57 Å². The van der Waals surface area contributed by atoms with E-state index in [-0.39, 0.29) is 6.10 Å². The Hall–Kier alpha value is -0.600. The molecule has 0 radical (unpaired) electrons. The lowest BCUT2D eigenvalue weighted by Crippen LogP contribution is -2.50. The Balaban J connectivity index is 1.51. The second kappa shape index (κ2) is 7.52. The van der Waals surface area contributed by atoms with Crippen LogP contribution >= 0.6 is 0 Å². The van der Waals surface area contributed by atoms with E-state index in [0.29, 0.717) is 16.7 Å². The molecular weight excluding hydrogens is 356 g/mol. The molecule has 0 saturated heterocycles. The number of hydrogen-bond donors (Lipinski definition) is 2. The Kier molecular flexibility index (Phi) is 5.61. The number of aliphatic hydroxyl groups is 2. The summed E-state index contributed by atoms with van der Waals surface area (Å²) in [6.07, 6.45) is 17.7. The third kappa shape index (κ3) is 3.78. The van der Waals surface area contributed by atoms with Crippen molar-refractivity contribution in [3.63, 3.8) is 0 Å². The zero-order chi connectivity index (χ0) is 21.0. The van der Waals surface area contributed by atoms with E-state index in [1.165, 1.54) is 38.5 Å². The zero-order valence-electron chi connectivity index (χ0n) is 19.5. The van der Waals surface area contributed by atoms with Gasteiger partial charge in [0.15, 0.2) is 0 Å². The second-order valence-electron chi connectivity index (χ2n) is 12.2. The predicted molar refractivity (Wildman–Crippen MR) is 120 cm³/mol. The Morgan fingerprint density at radius 1 is 1.14 bits per heavy atom. The van der Waals surface area contributed by atoms with Crippen LogP contribution in [0.4, 0.5) is 0 Å². The molecule has 4 aliphatic rings. The fourth-order valence-corrected chi connectivity index (χ4v) is 8.25. The summed E-state index contributed by atoms with van der Waals surface area (Å²) in [5, 5.41) is 20.2. The van der Waals surface area contributed by atoms with Crippen molar-refractivity contribution in [2.45, 2.75) is 104 Å². The number of fused-ring (bicyclic) bond motifs is 5. The molecule has 164 valence electrons. The van der Waals surface area contributed by atoms with Crippen molar-refractivity contribution < 1.29 is 10.2 Å². The molecule has 0 aromatic heterocycles. The molecule has 29 heavy (non-hydrogen) atoms. The van der Waals surface area contributed by atoms with Gasteiger partial charge in [0.1, 0.15) is 0 Å². The van der Waals surface area contributed by atoms with Gasteiger partial charge < -0.3 is 10.2 Å². The number of allylic oxidation sites excluding steroid dienone is 2. The van der Waals surface area contributed by atoms with Crippen molar-refractivity contribution in [2.75, 3.05) is 0 Å². The van der Waals surface area contributed by atoms with Crippen LogP contribution in [0, 0.1) is 40.4 Å². The fraction of sp³-hybridized carbons (Fsp3) is 0.852. The summed E-state index contributed by atoms with van der Waals surface area (Å²) in [5.74, 6) is 3.90. The maximum atomic E-state index is 10.2. The van der Waals surface area contributed by atoms with Gasteiger partial charge in [0, 0.05) is 0 Å². The van der Waals surface area contributed by atoms with Gasteiger partial charge in [-0.25, -0.2) is 0 Å². The average molecular weight is 401 g/mol. The first-order chi connectivity index (χ1) is 13.5. The van der Waals surface area contributed by atoms with Gasteiger partial charge in [0.2, 0.25) is 0 Å². The van der Waals surface area contributed by atoms with E-state index < -0.39 is 5.60 Å². The quantitative estimate of drug-likeness (QED) is 0.545. The monoisotopic (exact) mass is 400 g/mol. The van der Waals surface area contributed by atoms with Gasteiger partial charge in [0.05, 0.1) is 11.7 Å². The minimum Gasteiger partial charge on any atom is -0.393 e. The van der Waals surface area contributed by atoms with Crippen LogP contribution in [-0.4, -0.2) is 21.9 Å². The van der Waals surface area contributed by atoms with E-state index >= 15 is 0 Å². The number of hydrogen-bond acceptors (Lipinski definition) is 2. The van der Waals surface area contributed by atoms with Crippen molar-refractivity contribution in [3.8, 4) is 0 Å². The molecule has 4 rings (SSSR count). The highest BCUT2D eigenvalue weighted by molar-refractivity contribution is 5.25. The van der Waals surface area contributed by atoms with Gasteiger partial charge in [-0.2, -0.15) is 0 Å². The summed E-state index contributed by atoms with van der Waals surface area (Å²) in [4.78, 5) is 0. The third-order valence-electron chi connectivity index (χ3n) is 9.84. The van der Waals surface area contributed by atoms with Crippen molar-refractivity contribution in [2.24, 2.45) is 40.4 Å². The van der Waals surface area contributed by atoms with Crippen LogP contribution < -0.4 is 0 Å². The van der Waals surface area contributed by atoms with Crippen LogP contribution in [0.3, 0.4) is 0 Å². The zero-order valence-corrected chi connectivity index (χ0v) is 19.5. The SMILES string of the molecule is C[C@H](/C=C/CC(C)(C)O)[C@H]1CC[C@H]2[C@@H]3CC=C4CC(O)CC[C@]4(C)[C@H]3CC[C@]12C. The predicted octanol–water partition coefficient (Wildman–Crippen LogP) is 6.28. The first-order valence-electron chi connectivity index (χ1n) is 12.3. The molecule has 0 heterocycles. The molecule has 3 fully saturated rings. The summed E-state index contributed by atoms with van der Waals surface area (Å²) in [7, 11) is 0. The molecule has 0 aromatic carbocycles. The first-order valence-corrected chi connectivity index (χ1v) is 12.3. The van der Waals surface area contributed by atoms with Gasteiger partial charge in [-0.05, 0) is 112 Å². The normalized spacial score (nSPS) is 46.0. The van der Waals surface area contributed by atoms with E-state index in [2.05, 4.69) is 39.0 Å². The van der Waals surface area contributed by atoms with Crippen molar-refractivity contribution in [1.29, 1.82) is 0 Å². The molecule has 0 amide bonds. The van der Waals surface area contributed by atoms with Crippen LogP contribution in [0.15, 0.2) is 23.8 Å². The molecule has 0 bridgehead atoms. The molecule has 0 aliphatic heterocycles. The molecule has 0 aromatic rings. The molecule has 2 heteroatoms. The lowest BCUT2D eigenvalue weighted by atomic mass is 9.47. The highest BCUT2D eigenvalue weighted by atomic mass is 16.3. The van der Waals surface area contributed by atoms with Crippen LogP contribution in [-0.2, 0) is 0 Å². The van der Waals surface area contributed by atoms with Gasteiger partial charge in [-0.1, -0.05) is 44.6 Å². The van der Waals surface area contributed by atoms with E-state index in [0.717, 1.165) is 42.9 Å². The minimum atomic E-state index is -0.606. The van der Waals surface area contributed by atoms with Crippen molar-refractivity contribution >= 4 is 0 Å². The van der Waals surface area contributed by atoms with Gasteiger partial charge in [-0.3, -0.25) is 0 Å². The average Bonchev–Trinajstić information content (AvgIpc) is 2.98. The third-order valence-corrected chi connectivity index (χ3v) is 9.84. The molecule has 1 unspecified atom stereocenters. The van der Waals surface area contributed by atoms with Crippen molar-refractivity contribution in [3.05, 3.63) is 23.8 Å². The molecule has 0 spiro atoms.